The first kappa shape index (κ1) is 14.9. The van der Waals surface area contributed by atoms with Crippen LogP contribution < -0.4 is 5.32 Å². The van der Waals surface area contributed by atoms with Gasteiger partial charge in [-0.1, -0.05) is 13.8 Å². The summed E-state index contributed by atoms with van der Waals surface area (Å²) in [5, 5.41) is 3.72. The van der Waals surface area contributed by atoms with Gasteiger partial charge in [-0.25, -0.2) is 0 Å². The predicted molar refractivity (Wildman–Crippen MR) is 73.4 cm³/mol. The van der Waals surface area contributed by atoms with Gasteiger partial charge in [0.15, 0.2) is 0 Å². The molecule has 0 saturated heterocycles. The maximum absolute atomic E-state index is 5.18. The van der Waals surface area contributed by atoms with E-state index in [-0.39, 0.29) is 0 Å². The lowest BCUT2D eigenvalue weighted by atomic mass is 9.82. The van der Waals surface area contributed by atoms with E-state index < -0.39 is 0 Å². The molecule has 3 nitrogen and oxygen atoms in total. The van der Waals surface area contributed by atoms with Crippen molar-refractivity contribution < 1.29 is 4.74 Å². The summed E-state index contributed by atoms with van der Waals surface area (Å²) in [5.41, 5.74) is 0. The van der Waals surface area contributed by atoms with Crippen molar-refractivity contribution in [3.8, 4) is 0 Å². The van der Waals surface area contributed by atoms with Gasteiger partial charge in [-0.05, 0) is 45.2 Å². The number of hydrogen-bond acceptors (Lipinski definition) is 3. The van der Waals surface area contributed by atoms with Crippen LogP contribution >= 0.6 is 0 Å². The molecule has 1 aliphatic rings. The van der Waals surface area contributed by atoms with Gasteiger partial charge < -0.3 is 10.1 Å². The molecular weight excluding hydrogens is 212 g/mol. The van der Waals surface area contributed by atoms with Gasteiger partial charge in [-0.15, -0.1) is 0 Å². The molecule has 3 atom stereocenters. The molecule has 1 fully saturated rings. The molecular formula is C14H30N2O. The third-order valence-electron chi connectivity index (χ3n) is 3.95. The number of hydrogen-bond donors (Lipinski definition) is 1. The number of nitrogens with zero attached hydrogens (tertiary/aromatic N) is 1. The van der Waals surface area contributed by atoms with E-state index in [2.05, 4.69) is 31.1 Å². The molecule has 3 heteroatoms. The largest absolute Gasteiger partial charge is 0.383 e. The Balaban J connectivity index is 2.47. The number of methoxy groups -OCH3 is 1. The van der Waals surface area contributed by atoms with Crippen molar-refractivity contribution in [3.05, 3.63) is 0 Å². The first-order valence-corrected chi connectivity index (χ1v) is 7.11. The molecule has 17 heavy (non-hydrogen) atoms. The van der Waals surface area contributed by atoms with Crippen molar-refractivity contribution in [1.29, 1.82) is 0 Å². The summed E-state index contributed by atoms with van der Waals surface area (Å²) >= 11 is 0. The highest BCUT2D eigenvalue weighted by Gasteiger charge is 2.30. The Kier molecular flexibility index (Phi) is 7.09. The van der Waals surface area contributed by atoms with Gasteiger partial charge in [0, 0.05) is 25.7 Å². The third kappa shape index (κ3) is 4.94. The average Bonchev–Trinajstić information content (AvgIpc) is 2.34. The first-order chi connectivity index (χ1) is 8.19. The fourth-order valence-electron chi connectivity index (χ4n) is 2.81. The summed E-state index contributed by atoms with van der Waals surface area (Å²) in [6, 6.07) is 1.36. The number of likely N-dealkylation sites (N-methyl/N-ethyl adjacent to an activating group) is 1. The van der Waals surface area contributed by atoms with Gasteiger partial charge in [-0.3, -0.25) is 4.90 Å². The van der Waals surface area contributed by atoms with Crippen LogP contribution in [0.1, 0.15) is 39.5 Å². The van der Waals surface area contributed by atoms with Crippen LogP contribution in [0.4, 0.5) is 0 Å². The normalized spacial score (nSPS) is 29.8. The second kappa shape index (κ2) is 8.06. The zero-order valence-electron chi connectivity index (χ0n) is 12.0. The summed E-state index contributed by atoms with van der Waals surface area (Å²) in [6.07, 6.45) is 5.24. The third-order valence-corrected chi connectivity index (χ3v) is 3.95. The molecule has 0 radical (unpaired) electrons. The van der Waals surface area contributed by atoms with E-state index in [1.165, 1.54) is 25.7 Å². The van der Waals surface area contributed by atoms with Crippen LogP contribution in [-0.4, -0.2) is 50.8 Å². The van der Waals surface area contributed by atoms with E-state index in [0.717, 1.165) is 25.6 Å². The van der Waals surface area contributed by atoms with Gasteiger partial charge in [0.25, 0.3) is 0 Å². The second-order valence-corrected chi connectivity index (χ2v) is 5.52. The molecule has 0 aromatic carbocycles. The molecule has 3 unspecified atom stereocenters. The van der Waals surface area contributed by atoms with E-state index in [4.69, 9.17) is 4.74 Å². The Hall–Kier alpha value is -0.120. The molecule has 0 spiro atoms. The zero-order valence-corrected chi connectivity index (χ0v) is 12.0. The van der Waals surface area contributed by atoms with Gasteiger partial charge in [0.05, 0.1) is 6.61 Å². The van der Waals surface area contributed by atoms with Crippen LogP contribution in [0.15, 0.2) is 0 Å². The summed E-state index contributed by atoms with van der Waals surface area (Å²) in [5.74, 6) is 0.865. The number of nitrogens with one attached hydrogen (secondary N) is 1. The lowest BCUT2D eigenvalue weighted by molar-refractivity contribution is 0.0904. The molecule has 1 N–H and O–H groups in total. The van der Waals surface area contributed by atoms with Crippen molar-refractivity contribution >= 4 is 0 Å². The van der Waals surface area contributed by atoms with Gasteiger partial charge >= 0.3 is 0 Å². The highest BCUT2D eigenvalue weighted by Crippen LogP contribution is 2.27. The van der Waals surface area contributed by atoms with Crippen molar-refractivity contribution in [3.63, 3.8) is 0 Å². The molecule has 0 heterocycles. The Morgan fingerprint density at radius 2 is 2.12 bits per heavy atom. The number of rotatable bonds is 7. The van der Waals surface area contributed by atoms with Crippen LogP contribution in [0.25, 0.3) is 0 Å². The minimum absolute atomic E-state index is 0.674. The number of ether oxygens (including phenoxy) is 1. The molecule has 1 rings (SSSR count). The maximum atomic E-state index is 5.18. The Bertz CT molecular complexity index is 197. The van der Waals surface area contributed by atoms with Crippen molar-refractivity contribution in [2.24, 2.45) is 5.92 Å². The SMILES string of the molecule is CCCNC1CCC(C)CC1N(C)CCOC. The minimum atomic E-state index is 0.674. The molecule has 0 aromatic heterocycles. The van der Waals surface area contributed by atoms with E-state index >= 15 is 0 Å². The maximum Gasteiger partial charge on any atom is 0.0589 e. The van der Waals surface area contributed by atoms with Gasteiger partial charge in [0.1, 0.15) is 0 Å². The highest BCUT2D eigenvalue weighted by atomic mass is 16.5. The van der Waals surface area contributed by atoms with E-state index in [1.54, 1.807) is 7.11 Å². The first-order valence-electron chi connectivity index (χ1n) is 7.11. The molecule has 0 aliphatic heterocycles. The quantitative estimate of drug-likeness (QED) is 0.740. The monoisotopic (exact) mass is 242 g/mol. The highest BCUT2D eigenvalue weighted by molar-refractivity contribution is 4.89. The molecule has 1 aliphatic carbocycles. The Morgan fingerprint density at radius 3 is 2.76 bits per heavy atom. The lowest BCUT2D eigenvalue weighted by Crippen LogP contribution is -2.52. The molecule has 0 amide bonds. The van der Waals surface area contributed by atoms with Crippen LogP contribution in [0, 0.1) is 5.92 Å². The van der Waals surface area contributed by atoms with Crippen LogP contribution in [0.2, 0.25) is 0 Å². The predicted octanol–water partition coefficient (Wildman–Crippen LogP) is 2.12. The second-order valence-electron chi connectivity index (χ2n) is 5.52. The minimum Gasteiger partial charge on any atom is -0.383 e. The van der Waals surface area contributed by atoms with Gasteiger partial charge in [0.2, 0.25) is 0 Å². The van der Waals surface area contributed by atoms with Crippen molar-refractivity contribution in [2.75, 3.05) is 33.9 Å². The summed E-state index contributed by atoms with van der Waals surface area (Å²) in [4.78, 5) is 2.48. The average molecular weight is 242 g/mol. The van der Waals surface area contributed by atoms with Crippen molar-refractivity contribution in [1.82, 2.24) is 10.2 Å². The standard InChI is InChI=1S/C14H30N2O/c1-5-8-15-13-7-6-12(2)11-14(13)16(3)9-10-17-4/h12-15H,5-11H2,1-4H3. The van der Waals surface area contributed by atoms with E-state index in [0.29, 0.717) is 12.1 Å². The summed E-state index contributed by atoms with van der Waals surface area (Å²) in [6.45, 7) is 7.64. The smallest absolute Gasteiger partial charge is 0.0589 e. The van der Waals surface area contributed by atoms with E-state index in [1.807, 2.05) is 0 Å². The summed E-state index contributed by atoms with van der Waals surface area (Å²) < 4.78 is 5.18. The lowest BCUT2D eigenvalue weighted by Gasteiger charge is -2.41. The molecule has 0 bridgehead atoms. The van der Waals surface area contributed by atoms with Crippen LogP contribution in [0.5, 0.6) is 0 Å². The van der Waals surface area contributed by atoms with Crippen LogP contribution in [0.3, 0.4) is 0 Å². The fourth-order valence-corrected chi connectivity index (χ4v) is 2.81. The Morgan fingerprint density at radius 1 is 1.35 bits per heavy atom. The topological polar surface area (TPSA) is 24.5 Å². The van der Waals surface area contributed by atoms with E-state index in [9.17, 15) is 0 Å². The Labute approximate surface area is 107 Å². The molecule has 102 valence electrons. The summed E-state index contributed by atoms with van der Waals surface area (Å²) in [7, 11) is 4.02. The fraction of sp³-hybridized carbons (Fsp3) is 1.00. The molecule has 0 aromatic rings. The van der Waals surface area contributed by atoms with Crippen LogP contribution in [-0.2, 0) is 4.74 Å². The zero-order chi connectivity index (χ0) is 12.7. The van der Waals surface area contributed by atoms with Crippen molar-refractivity contribution in [2.45, 2.75) is 51.6 Å². The van der Waals surface area contributed by atoms with Gasteiger partial charge in [-0.2, -0.15) is 0 Å². The molecule has 1 saturated carbocycles.